The number of nitrogens with zero attached hydrogens (tertiary/aromatic N) is 1. The topological polar surface area (TPSA) is 73.1 Å². The van der Waals surface area contributed by atoms with E-state index in [0.717, 1.165) is 0 Å². The summed E-state index contributed by atoms with van der Waals surface area (Å²) < 4.78 is 0. The first-order chi connectivity index (χ1) is 7.56. The normalized spacial score (nSPS) is 13.0. The lowest BCUT2D eigenvalue weighted by Crippen LogP contribution is -2.47. The summed E-state index contributed by atoms with van der Waals surface area (Å²) in [6.45, 7) is 3.91. The van der Waals surface area contributed by atoms with Crippen LogP contribution in [-0.2, 0) is 10.3 Å². The molecule has 0 unspecified atom stereocenters. The zero-order valence-electron chi connectivity index (χ0n) is 9.73. The van der Waals surface area contributed by atoms with Crippen molar-refractivity contribution in [3.05, 3.63) is 35.4 Å². The van der Waals surface area contributed by atoms with Crippen molar-refractivity contribution in [2.24, 2.45) is 0 Å². The number of hydrogen-bond donors (Lipinski definition) is 2. The Kier molecular flexibility index (Phi) is 5.66. The van der Waals surface area contributed by atoms with E-state index >= 15 is 0 Å². The molecule has 1 aromatic carbocycles. The lowest BCUT2D eigenvalue weighted by Gasteiger charge is -2.27. The van der Waals surface area contributed by atoms with Gasteiger partial charge in [-0.15, -0.1) is 12.4 Å². The molecule has 1 aromatic rings. The van der Waals surface area contributed by atoms with E-state index in [2.05, 4.69) is 5.32 Å². The van der Waals surface area contributed by atoms with Crippen molar-refractivity contribution in [1.29, 1.82) is 5.26 Å². The number of carboxylic acids is 1. The van der Waals surface area contributed by atoms with Gasteiger partial charge >= 0.3 is 5.97 Å². The summed E-state index contributed by atoms with van der Waals surface area (Å²) >= 11 is 0. The number of nitrogens with one attached hydrogen (secondary N) is 1. The van der Waals surface area contributed by atoms with Crippen molar-refractivity contribution in [1.82, 2.24) is 5.32 Å². The summed E-state index contributed by atoms with van der Waals surface area (Å²) in [7, 11) is 0. The molecular weight excluding hydrogens is 240 g/mol. The van der Waals surface area contributed by atoms with Gasteiger partial charge in [0, 0.05) is 5.56 Å². The van der Waals surface area contributed by atoms with Gasteiger partial charge in [0.1, 0.15) is 5.54 Å². The van der Waals surface area contributed by atoms with E-state index in [1.807, 2.05) is 13.0 Å². The van der Waals surface area contributed by atoms with E-state index in [1.165, 1.54) is 0 Å². The number of nitriles is 1. The molecule has 0 spiro atoms. The zero-order chi connectivity index (χ0) is 12.2. The van der Waals surface area contributed by atoms with Crippen LogP contribution in [0.5, 0.6) is 0 Å². The van der Waals surface area contributed by atoms with Crippen molar-refractivity contribution < 1.29 is 9.90 Å². The molecule has 1 atom stereocenters. The van der Waals surface area contributed by atoms with Crippen LogP contribution >= 0.6 is 12.4 Å². The maximum Gasteiger partial charge on any atom is 0.328 e. The maximum absolute atomic E-state index is 11.3. The molecule has 0 aliphatic heterocycles. The van der Waals surface area contributed by atoms with Crippen molar-refractivity contribution in [3.8, 4) is 6.07 Å². The Morgan fingerprint density at radius 2 is 2.12 bits per heavy atom. The van der Waals surface area contributed by atoms with Gasteiger partial charge in [0.25, 0.3) is 0 Å². The highest BCUT2D eigenvalue weighted by Gasteiger charge is 2.35. The first-order valence-corrected chi connectivity index (χ1v) is 5.04. The number of benzene rings is 1. The predicted molar refractivity (Wildman–Crippen MR) is 67.1 cm³/mol. The Morgan fingerprint density at radius 1 is 1.53 bits per heavy atom. The Hall–Kier alpha value is -1.57. The molecule has 1 rings (SSSR count). The van der Waals surface area contributed by atoms with Gasteiger partial charge in [-0.2, -0.15) is 5.26 Å². The molecule has 0 saturated carbocycles. The average Bonchev–Trinajstić information content (AvgIpc) is 2.29. The van der Waals surface area contributed by atoms with E-state index in [-0.39, 0.29) is 12.4 Å². The van der Waals surface area contributed by atoms with E-state index in [0.29, 0.717) is 17.7 Å². The van der Waals surface area contributed by atoms with Gasteiger partial charge in [-0.1, -0.05) is 25.1 Å². The summed E-state index contributed by atoms with van der Waals surface area (Å²) in [5, 5.41) is 21.1. The summed E-state index contributed by atoms with van der Waals surface area (Å²) in [5.41, 5.74) is -0.346. The standard InChI is InChI=1S/C12H14N2O2.ClH/c1-3-14-12(2,11(15)16)10-7-5-4-6-9(10)8-13;/h4-7,14H,3H2,1-2H3,(H,15,16);1H/t12-;/m1./s1. The van der Waals surface area contributed by atoms with Crippen molar-refractivity contribution in [2.75, 3.05) is 6.54 Å². The second kappa shape index (κ2) is 6.24. The molecule has 0 fully saturated rings. The molecule has 92 valence electrons. The van der Waals surface area contributed by atoms with Crippen LogP contribution in [0.4, 0.5) is 0 Å². The molecule has 0 heterocycles. The lowest BCUT2D eigenvalue weighted by molar-refractivity contribution is -0.144. The molecule has 0 aliphatic rings. The first kappa shape index (κ1) is 15.4. The molecular formula is C12H15ClN2O2. The van der Waals surface area contributed by atoms with E-state index < -0.39 is 11.5 Å². The minimum Gasteiger partial charge on any atom is -0.480 e. The highest BCUT2D eigenvalue weighted by atomic mass is 35.5. The highest BCUT2D eigenvalue weighted by molar-refractivity contribution is 5.85. The second-order valence-corrected chi connectivity index (χ2v) is 3.62. The van der Waals surface area contributed by atoms with Crippen LogP contribution in [-0.4, -0.2) is 17.6 Å². The van der Waals surface area contributed by atoms with Gasteiger partial charge in [-0.25, -0.2) is 4.79 Å². The van der Waals surface area contributed by atoms with Crippen molar-refractivity contribution in [3.63, 3.8) is 0 Å². The van der Waals surface area contributed by atoms with Gasteiger partial charge in [-0.3, -0.25) is 5.32 Å². The predicted octanol–water partition coefficient (Wildman–Crippen LogP) is 1.89. The SMILES string of the molecule is CCN[C@@](C)(C(=O)O)c1ccccc1C#N.Cl. The Bertz CT molecular complexity index is 442. The zero-order valence-corrected chi connectivity index (χ0v) is 10.5. The van der Waals surface area contributed by atoms with Gasteiger partial charge in [0.2, 0.25) is 0 Å². The van der Waals surface area contributed by atoms with Crippen LogP contribution in [0.1, 0.15) is 25.0 Å². The van der Waals surface area contributed by atoms with Gasteiger partial charge in [0.15, 0.2) is 0 Å². The van der Waals surface area contributed by atoms with Crippen LogP contribution < -0.4 is 5.32 Å². The van der Waals surface area contributed by atoms with Crippen molar-refractivity contribution in [2.45, 2.75) is 19.4 Å². The van der Waals surface area contributed by atoms with E-state index in [4.69, 9.17) is 5.26 Å². The number of likely N-dealkylation sites (N-methyl/N-ethyl adjacent to an activating group) is 1. The molecule has 0 bridgehead atoms. The second-order valence-electron chi connectivity index (χ2n) is 3.62. The van der Waals surface area contributed by atoms with Crippen molar-refractivity contribution >= 4 is 18.4 Å². The minimum absolute atomic E-state index is 0. The fourth-order valence-corrected chi connectivity index (χ4v) is 1.66. The van der Waals surface area contributed by atoms with Gasteiger partial charge < -0.3 is 5.11 Å². The van der Waals surface area contributed by atoms with Crippen LogP contribution in [0.3, 0.4) is 0 Å². The number of aliphatic carboxylic acids is 1. The molecule has 5 heteroatoms. The molecule has 0 aliphatic carbocycles. The molecule has 0 aromatic heterocycles. The molecule has 0 saturated heterocycles. The molecule has 17 heavy (non-hydrogen) atoms. The fourth-order valence-electron chi connectivity index (χ4n) is 1.66. The Morgan fingerprint density at radius 3 is 2.59 bits per heavy atom. The van der Waals surface area contributed by atoms with Crippen LogP contribution in [0.2, 0.25) is 0 Å². The summed E-state index contributed by atoms with van der Waals surface area (Å²) in [5.74, 6) is -0.989. The number of rotatable bonds is 4. The fraction of sp³-hybridized carbons (Fsp3) is 0.333. The highest BCUT2D eigenvalue weighted by Crippen LogP contribution is 2.24. The Labute approximate surface area is 107 Å². The van der Waals surface area contributed by atoms with Crippen LogP contribution in [0, 0.1) is 11.3 Å². The third kappa shape index (κ3) is 2.96. The quantitative estimate of drug-likeness (QED) is 0.861. The summed E-state index contributed by atoms with van der Waals surface area (Å²) in [6.07, 6.45) is 0. The summed E-state index contributed by atoms with van der Waals surface area (Å²) in [4.78, 5) is 11.3. The van der Waals surface area contributed by atoms with Crippen LogP contribution in [0.25, 0.3) is 0 Å². The average molecular weight is 255 g/mol. The van der Waals surface area contributed by atoms with E-state index in [9.17, 15) is 9.90 Å². The largest absolute Gasteiger partial charge is 0.480 e. The smallest absolute Gasteiger partial charge is 0.328 e. The molecule has 0 radical (unpaired) electrons. The first-order valence-electron chi connectivity index (χ1n) is 5.04. The lowest BCUT2D eigenvalue weighted by atomic mass is 9.88. The van der Waals surface area contributed by atoms with Crippen LogP contribution in [0.15, 0.2) is 24.3 Å². The maximum atomic E-state index is 11.3. The summed E-state index contributed by atoms with van der Waals surface area (Å²) in [6, 6.07) is 8.74. The molecule has 0 amide bonds. The van der Waals surface area contributed by atoms with Gasteiger partial charge in [0.05, 0.1) is 11.6 Å². The Balaban J connectivity index is 0.00000256. The monoisotopic (exact) mass is 254 g/mol. The third-order valence-electron chi connectivity index (χ3n) is 2.54. The number of carbonyl (C=O) groups is 1. The van der Waals surface area contributed by atoms with Gasteiger partial charge in [-0.05, 0) is 19.5 Å². The van der Waals surface area contributed by atoms with E-state index in [1.54, 1.807) is 31.2 Å². The minimum atomic E-state index is -1.22. The number of carboxylic acid groups (broad SMARTS) is 1. The molecule has 2 N–H and O–H groups in total. The number of halogens is 1. The third-order valence-corrected chi connectivity index (χ3v) is 2.54. The molecule has 4 nitrogen and oxygen atoms in total. The number of hydrogen-bond acceptors (Lipinski definition) is 3.